The van der Waals surface area contributed by atoms with Crippen molar-refractivity contribution in [2.75, 3.05) is 20.3 Å². The first-order valence-electron chi connectivity index (χ1n) is 8.30. The summed E-state index contributed by atoms with van der Waals surface area (Å²) in [6, 6.07) is 6.25. The van der Waals surface area contributed by atoms with Crippen LogP contribution in [0.5, 0.6) is 5.75 Å². The molecule has 25 heavy (non-hydrogen) atoms. The number of ether oxygens (including phenoxy) is 3. The maximum atomic E-state index is 12.7. The molecule has 7 heteroatoms. The van der Waals surface area contributed by atoms with E-state index in [0.29, 0.717) is 29.2 Å². The van der Waals surface area contributed by atoms with E-state index in [2.05, 4.69) is 10.6 Å². The Bertz CT molecular complexity index is 694. The predicted molar refractivity (Wildman–Crippen MR) is 90.0 cm³/mol. The van der Waals surface area contributed by atoms with Crippen LogP contribution >= 0.6 is 0 Å². The molecule has 0 radical (unpaired) electrons. The first-order chi connectivity index (χ1) is 12.1. The van der Waals surface area contributed by atoms with Crippen molar-refractivity contribution >= 4 is 12.0 Å². The maximum absolute atomic E-state index is 12.7. The first kappa shape index (κ1) is 17.3. The van der Waals surface area contributed by atoms with Gasteiger partial charge < -0.3 is 24.8 Å². The molecule has 0 aliphatic carbocycles. The molecule has 134 valence electrons. The van der Waals surface area contributed by atoms with Crippen molar-refractivity contribution in [3.63, 3.8) is 0 Å². The SMILES string of the molecule is COc1ccccc1C1NC(=O)NC(C)=C1C(=O)OCC1CCCO1. The molecule has 2 amide bonds. The third kappa shape index (κ3) is 3.76. The van der Waals surface area contributed by atoms with Crippen LogP contribution in [0.2, 0.25) is 0 Å². The molecule has 1 aromatic rings. The van der Waals surface area contributed by atoms with Crippen molar-refractivity contribution < 1.29 is 23.8 Å². The van der Waals surface area contributed by atoms with Gasteiger partial charge in [-0.1, -0.05) is 18.2 Å². The van der Waals surface area contributed by atoms with Crippen molar-refractivity contribution in [1.29, 1.82) is 0 Å². The zero-order valence-corrected chi connectivity index (χ0v) is 14.3. The number of urea groups is 1. The molecule has 2 heterocycles. The smallest absolute Gasteiger partial charge is 0.338 e. The molecule has 2 aliphatic heterocycles. The minimum Gasteiger partial charge on any atom is -0.496 e. The number of methoxy groups -OCH3 is 1. The standard InChI is InChI=1S/C18H22N2O5/c1-11-15(17(21)25-10-12-6-5-9-24-12)16(20-18(22)19-11)13-7-3-4-8-14(13)23-2/h3-4,7-8,12,16H,5-6,9-10H2,1-2H3,(H2,19,20,22). The molecule has 2 atom stereocenters. The fraction of sp³-hybridized carbons (Fsp3) is 0.444. The molecular weight excluding hydrogens is 324 g/mol. The first-order valence-corrected chi connectivity index (χ1v) is 8.30. The van der Waals surface area contributed by atoms with E-state index in [4.69, 9.17) is 14.2 Å². The Kier molecular flexibility index (Phi) is 5.23. The van der Waals surface area contributed by atoms with Crippen molar-refractivity contribution in [3.8, 4) is 5.75 Å². The molecular formula is C18H22N2O5. The molecule has 0 spiro atoms. The number of hydrogen-bond acceptors (Lipinski definition) is 5. The molecule has 7 nitrogen and oxygen atoms in total. The van der Waals surface area contributed by atoms with Gasteiger partial charge in [-0.05, 0) is 25.8 Å². The summed E-state index contributed by atoms with van der Waals surface area (Å²) in [5.74, 6) is 0.114. The number of carbonyl (C=O) groups excluding carboxylic acids is 2. The number of carbonyl (C=O) groups is 2. The van der Waals surface area contributed by atoms with Crippen molar-refractivity contribution in [3.05, 3.63) is 41.1 Å². The van der Waals surface area contributed by atoms with E-state index in [1.807, 2.05) is 18.2 Å². The third-order valence-corrected chi connectivity index (χ3v) is 4.36. The Morgan fingerprint density at radius 2 is 2.16 bits per heavy atom. The zero-order chi connectivity index (χ0) is 17.8. The van der Waals surface area contributed by atoms with Gasteiger partial charge in [0.05, 0.1) is 24.8 Å². The van der Waals surface area contributed by atoms with Gasteiger partial charge in [0.25, 0.3) is 0 Å². The van der Waals surface area contributed by atoms with Gasteiger partial charge in [0.15, 0.2) is 0 Å². The Balaban J connectivity index is 1.85. The number of esters is 1. The summed E-state index contributed by atoms with van der Waals surface area (Å²) in [5, 5.41) is 5.41. The normalized spacial score (nSPS) is 23.0. The molecule has 2 aliphatic rings. The van der Waals surface area contributed by atoms with E-state index < -0.39 is 12.0 Å². The van der Waals surface area contributed by atoms with Crippen molar-refractivity contribution in [2.24, 2.45) is 0 Å². The van der Waals surface area contributed by atoms with E-state index in [0.717, 1.165) is 12.8 Å². The molecule has 0 saturated carbocycles. The Morgan fingerprint density at radius 1 is 1.36 bits per heavy atom. The van der Waals surface area contributed by atoms with Crippen LogP contribution < -0.4 is 15.4 Å². The zero-order valence-electron chi connectivity index (χ0n) is 14.3. The van der Waals surface area contributed by atoms with Gasteiger partial charge in [-0.2, -0.15) is 0 Å². The summed E-state index contributed by atoms with van der Waals surface area (Å²) in [7, 11) is 1.55. The fourth-order valence-electron chi connectivity index (χ4n) is 3.12. The van der Waals surface area contributed by atoms with Gasteiger partial charge in [-0.3, -0.25) is 0 Å². The highest BCUT2D eigenvalue weighted by Gasteiger charge is 2.34. The van der Waals surface area contributed by atoms with Gasteiger partial charge in [0.2, 0.25) is 0 Å². The lowest BCUT2D eigenvalue weighted by molar-refractivity contribution is -0.142. The molecule has 3 rings (SSSR count). The van der Waals surface area contributed by atoms with E-state index >= 15 is 0 Å². The number of amides is 2. The average Bonchev–Trinajstić information content (AvgIpc) is 3.12. The number of benzene rings is 1. The summed E-state index contributed by atoms with van der Waals surface area (Å²) in [5.41, 5.74) is 1.53. The van der Waals surface area contributed by atoms with Crippen molar-refractivity contribution in [2.45, 2.75) is 31.9 Å². The Morgan fingerprint density at radius 3 is 2.88 bits per heavy atom. The predicted octanol–water partition coefficient (Wildman–Crippen LogP) is 2.05. The molecule has 2 N–H and O–H groups in total. The number of rotatable bonds is 5. The largest absolute Gasteiger partial charge is 0.496 e. The molecule has 1 aromatic carbocycles. The van der Waals surface area contributed by atoms with Crippen molar-refractivity contribution in [1.82, 2.24) is 10.6 Å². The summed E-state index contributed by atoms with van der Waals surface area (Å²) >= 11 is 0. The van der Waals surface area contributed by atoms with Crippen LogP contribution in [-0.2, 0) is 14.3 Å². The lowest BCUT2D eigenvalue weighted by atomic mass is 9.95. The van der Waals surface area contributed by atoms with Gasteiger partial charge >= 0.3 is 12.0 Å². The molecule has 1 saturated heterocycles. The van der Waals surface area contributed by atoms with E-state index in [1.54, 1.807) is 20.1 Å². The number of hydrogen-bond donors (Lipinski definition) is 2. The minimum absolute atomic E-state index is 0.0549. The van der Waals surface area contributed by atoms with Gasteiger partial charge in [0.1, 0.15) is 12.4 Å². The molecule has 0 aromatic heterocycles. The highest BCUT2D eigenvalue weighted by molar-refractivity contribution is 5.95. The van der Waals surface area contributed by atoms with Gasteiger partial charge in [-0.25, -0.2) is 9.59 Å². The average molecular weight is 346 g/mol. The van der Waals surface area contributed by atoms with E-state index in [9.17, 15) is 9.59 Å². The maximum Gasteiger partial charge on any atom is 0.338 e. The molecule has 1 fully saturated rings. The van der Waals surface area contributed by atoms with Crippen LogP contribution in [0.15, 0.2) is 35.5 Å². The van der Waals surface area contributed by atoms with Gasteiger partial charge in [-0.15, -0.1) is 0 Å². The lowest BCUT2D eigenvalue weighted by Gasteiger charge is -2.29. The van der Waals surface area contributed by atoms with Crippen LogP contribution in [-0.4, -0.2) is 38.4 Å². The van der Waals surface area contributed by atoms with Gasteiger partial charge in [0, 0.05) is 17.9 Å². The van der Waals surface area contributed by atoms with E-state index in [1.165, 1.54) is 0 Å². The fourth-order valence-corrected chi connectivity index (χ4v) is 3.12. The monoisotopic (exact) mass is 346 g/mol. The molecule has 2 unspecified atom stereocenters. The third-order valence-electron chi connectivity index (χ3n) is 4.36. The second kappa shape index (κ2) is 7.57. The van der Waals surface area contributed by atoms with Crippen LogP contribution in [0.4, 0.5) is 4.79 Å². The topological polar surface area (TPSA) is 85.9 Å². The second-order valence-electron chi connectivity index (χ2n) is 6.05. The Hall–Kier alpha value is -2.54. The Labute approximate surface area is 146 Å². The van der Waals surface area contributed by atoms with Crippen LogP contribution in [0.1, 0.15) is 31.4 Å². The number of allylic oxidation sites excluding steroid dienone is 1. The minimum atomic E-state index is -0.637. The number of para-hydroxylation sites is 1. The summed E-state index contributed by atoms with van der Waals surface area (Å²) in [4.78, 5) is 24.6. The molecule has 0 bridgehead atoms. The van der Waals surface area contributed by atoms with Crippen LogP contribution in [0, 0.1) is 0 Å². The quantitative estimate of drug-likeness (QED) is 0.797. The highest BCUT2D eigenvalue weighted by Crippen LogP contribution is 2.33. The summed E-state index contributed by atoms with van der Waals surface area (Å²) < 4.78 is 16.3. The van der Waals surface area contributed by atoms with Crippen LogP contribution in [0.25, 0.3) is 0 Å². The highest BCUT2D eigenvalue weighted by atomic mass is 16.6. The summed E-state index contributed by atoms with van der Waals surface area (Å²) in [6.07, 6.45) is 1.81. The summed E-state index contributed by atoms with van der Waals surface area (Å²) in [6.45, 7) is 2.59. The number of nitrogens with one attached hydrogen (secondary N) is 2. The lowest BCUT2D eigenvalue weighted by Crippen LogP contribution is -2.45. The second-order valence-corrected chi connectivity index (χ2v) is 6.05. The van der Waals surface area contributed by atoms with Crippen LogP contribution in [0.3, 0.4) is 0 Å². The van der Waals surface area contributed by atoms with E-state index in [-0.39, 0.29) is 18.7 Å².